The summed E-state index contributed by atoms with van der Waals surface area (Å²) in [5, 5.41) is 5.76. The molecule has 0 saturated carbocycles. The Hall–Kier alpha value is -3.08. The summed E-state index contributed by atoms with van der Waals surface area (Å²) in [7, 11) is 1.74. The van der Waals surface area contributed by atoms with E-state index in [0.29, 0.717) is 28.1 Å². The lowest BCUT2D eigenvalue weighted by atomic mass is 10.1. The van der Waals surface area contributed by atoms with E-state index in [9.17, 15) is 9.18 Å². The Morgan fingerprint density at radius 3 is 2.24 bits per heavy atom. The van der Waals surface area contributed by atoms with Gasteiger partial charge in [-0.2, -0.15) is 0 Å². The van der Waals surface area contributed by atoms with Gasteiger partial charge >= 0.3 is 6.09 Å². The third-order valence-corrected chi connectivity index (χ3v) is 4.43. The van der Waals surface area contributed by atoms with Crippen LogP contribution in [0.4, 0.5) is 9.18 Å². The third-order valence-electron chi connectivity index (χ3n) is 4.43. The van der Waals surface area contributed by atoms with Crippen LogP contribution in [0.15, 0.2) is 83.3 Å². The quantitative estimate of drug-likeness (QED) is 0.521. The van der Waals surface area contributed by atoms with Gasteiger partial charge in [0.05, 0.1) is 11.4 Å². The molecular formula is C24H31FN2O2. The van der Waals surface area contributed by atoms with E-state index in [2.05, 4.69) is 23.8 Å². The lowest BCUT2D eigenvalue weighted by Crippen LogP contribution is -2.29. The van der Waals surface area contributed by atoms with Gasteiger partial charge in [0.1, 0.15) is 11.9 Å². The first-order valence-corrected chi connectivity index (χ1v) is 9.39. The van der Waals surface area contributed by atoms with Gasteiger partial charge in [-0.05, 0) is 51.8 Å². The molecule has 1 aromatic rings. The Morgan fingerprint density at radius 2 is 1.72 bits per heavy atom. The number of nitrogens with one attached hydrogen (secondary N) is 2. The number of halogens is 1. The smallest absolute Gasteiger partial charge is 0.412 e. The predicted octanol–water partition coefficient (Wildman–Crippen LogP) is 6.09. The van der Waals surface area contributed by atoms with Gasteiger partial charge in [0.2, 0.25) is 0 Å². The number of carbonyl (C=O) groups excluding carboxylic acids is 1. The van der Waals surface area contributed by atoms with Crippen molar-refractivity contribution in [2.24, 2.45) is 0 Å². The number of alkyl carbamates (subject to hydrolysis) is 1. The predicted molar refractivity (Wildman–Crippen MR) is 118 cm³/mol. The van der Waals surface area contributed by atoms with Crippen molar-refractivity contribution in [2.45, 2.75) is 40.7 Å². The fourth-order valence-electron chi connectivity index (χ4n) is 2.46. The zero-order valence-electron chi connectivity index (χ0n) is 18.2. The second-order valence-electron chi connectivity index (χ2n) is 7.02. The second kappa shape index (κ2) is 11.1. The van der Waals surface area contributed by atoms with Gasteiger partial charge in [0.25, 0.3) is 0 Å². The average Bonchev–Trinajstić information content (AvgIpc) is 2.65. The minimum atomic E-state index is -0.746. The fraction of sp³-hybridized carbons (Fsp3) is 0.292. The summed E-state index contributed by atoms with van der Waals surface area (Å²) in [5.41, 5.74) is 5.01. The molecule has 4 nitrogen and oxygen atoms in total. The Morgan fingerprint density at radius 1 is 1.10 bits per heavy atom. The van der Waals surface area contributed by atoms with Gasteiger partial charge in [0.15, 0.2) is 0 Å². The highest BCUT2D eigenvalue weighted by Crippen LogP contribution is 2.21. The first-order valence-electron chi connectivity index (χ1n) is 9.39. The van der Waals surface area contributed by atoms with E-state index in [1.165, 1.54) is 11.6 Å². The molecule has 1 aromatic carbocycles. The molecule has 0 heterocycles. The van der Waals surface area contributed by atoms with Crippen molar-refractivity contribution in [3.05, 3.63) is 94.6 Å². The number of amides is 1. The van der Waals surface area contributed by atoms with Crippen LogP contribution in [0.5, 0.6) is 0 Å². The van der Waals surface area contributed by atoms with Crippen molar-refractivity contribution in [3.63, 3.8) is 0 Å². The third kappa shape index (κ3) is 7.11. The van der Waals surface area contributed by atoms with Crippen LogP contribution in [-0.2, 0) is 4.74 Å². The summed E-state index contributed by atoms with van der Waals surface area (Å²) >= 11 is 0. The first kappa shape index (κ1) is 24.0. The molecule has 0 saturated heterocycles. The molecule has 1 atom stereocenters. The summed E-state index contributed by atoms with van der Waals surface area (Å²) in [5.74, 6) is -0.424. The SMILES string of the molecule is C=C(C)/C(NC(=O)OC(C)c1ccccc1F)=C(\NC)C(=C)/C=C\C(C)=C(C)C. The van der Waals surface area contributed by atoms with Gasteiger partial charge in [-0.25, -0.2) is 9.18 Å². The van der Waals surface area contributed by atoms with Gasteiger partial charge in [-0.15, -0.1) is 0 Å². The molecule has 0 fully saturated rings. The minimum absolute atomic E-state index is 0.307. The first-order chi connectivity index (χ1) is 13.6. The zero-order chi connectivity index (χ0) is 22.1. The van der Waals surface area contributed by atoms with Crippen LogP contribution in [0.1, 0.15) is 46.3 Å². The molecule has 0 bridgehead atoms. The maximum Gasteiger partial charge on any atom is 0.412 e. The number of carbonyl (C=O) groups is 1. The van der Waals surface area contributed by atoms with Crippen molar-refractivity contribution in [3.8, 4) is 0 Å². The lowest BCUT2D eigenvalue weighted by molar-refractivity contribution is 0.108. The standard InChI is InChI=1S/C24H31FN2O2/c1-15(2)17(5)13-14-18(6)23(26-8)22(16(3)4)27-24(28)29-19(7)20-11-9-10-12-21(20)25/h9-14,19,26H,3,6H2,1-2,4-5,7-8H3,(H,27,28)/b14-13-,23-22+. The molecule has 1 unspecified atom stereocenters. The van der Waals surface area contributed by atoms with Crippen LogP contribution >= 0.6 is 0 Å². The van der Waals surface area contributed by atoms with Crippen LogP contribution in [-0.4, -0.2) is 13.1 Å². The normalized spacial score (nSPS) is 12.7. The van der Waals surface area contributed by atoms with Gasteiger partial charge in [-0.3, -0.25) is 5.32 Å². The van der Waals surface area contributed by atoms with Gasteiger partial charge in [-0.1, -0.05) is 54.7 Å². The molecule has 0 aromatic heterocycles. The van der Waals surface area contributed by atoms with E-state index in [1.807, 2.05) is 32.9 Å². The Balaban J connectivity index is 3.06. The van der Waals surface area contributed by atoms with E-state index >= 15 is 0 Å². The summed E-state index contributed by atoms with van der Waals surface area (Å²) in [6.45, 7) is 17.5. The molecule has 156 valence electrons. The summed E-state index contributed by atoms with van der Waals surface area (Å²) in [4.78, 5) is 12.4. The van der Waals surface area contributed by atoms with Crippen LogP contribution < -0.4 is 10.6 Å². The minimum Gasteiger partial charge on any atom is -0.441 e. The van der Waals surface area contributed by atoms with Crippen LogP contribution in [0, 0.1) is 5.82 Å². The Kier molecular flexibility index (Phi) is 9.13. The van der Waals surface area contributed by atoms with Crippen molar-refractivity contribution in [1.29, 1.82) is 0 Å². The second-order valence-corrected chi connectivity index (χ2v) is 7.02. The van der Waals surface area contributed by atoms with Gasteiger partial charge in [0, 0.05) is 12.6 Å². The Bertz CT molecular complexity index is 875. The zero-order valence-corrected chi connectivity index (χ0v) is 18.2. The van der Waals surface area contributed by atoms with E-state index in [0.717, 1.165) is 5.57 Å². The maximum absolute atomic E-state index is 13.9. The summed E-state index contributed by atoms with van der Waals surface area (Å²) in [6.07, 6.45) is 2.38. The molecule has 29 heavy (non-hydrogen) atoms. The van der Waals surface area contributed by atoms with Gasteiger partial charge < -0.3 is 10.1 Å². The van der Waals surface area contributed by atoms with Crippen LogP contribution in [0.2, 0.25) is 0 Å². The largest absolute Gasteiger partial charge is 0.441 e. The summed E-state index contributed by atoms with van der Waals surface area (Å²) in [6, 6.07) is 6.19. The molecule has 1 amide bonds. The number of rotatable bonds is 8. The highest BCUT2D eigenvalue weighted by atomic mass is 19.1. The van der Waals surface area contributed by atoms with Crippen molar-refractivity contribution in [2.75, 3.05) is 7.05 Å². The molecule has 0 aliphatic heterocycles. The molecule has 0 spiro atoms. The fourth-order valence-corrected chi connectivity index (χ4v) is 2.46. The number of likely N-dealkylation sites (N-methyl/N-ethyl adjacent to an activating group) is 1. The molecule has 0 radical (unpaired) electrons. The maximum atomic E-state index is 13.9. The van der Waals surface area contributed by atoms with E-state index < -0.39 is 18.0 Å². The van der Waals surface area contributed by atoms with Crippen LogP contribution in [0.3, 0.4) is 0 Å². The summed E-state index contributed by atoms with van der Waals surface area (Å²) < 4.78 is 19.3. The molecule has 0 aliphatic carbocycles. The molecule has 0 aliphatic rings. The van der Waals surface area contributed by atoms with E-state index in [-0.39, 0.29) is 0 Å². The number of allylic oxidation sites excluding steroid dienone is 5. The van der Waals surface area contributed by atoms with Crippen molar-refractivity contribution < 1.29 is 13.9 Å². The number of hydrogen-bond acceptors (Lipinski definition) is 3. The van der Waals surface area contributed by atoms with E-state index in [4.69, 9.17) is 4.74 Å². The highest BCUT2D eigenvalue weighted by Gasteiger charge is 2.18. The number of benzene rings is 1. The molecule has 5 heteroatoms. The monoisotopic (exact) mass is 398 g/mol. The molecule has 1 rings (SSSR count). The van der Waals surface area contributed by atoms with Crippen LogP contribution in [0.25, 0.3) is 0 Å². The highest BCUT2D eigenvalue weighted by molar-refractivity contribution is 5.72. The number of hydrogen-bond donors (Lipinski definition) is 2. The molecule has 2 N–H and O–H groups in total. The number of ether oxygens (including phenoxy) is 1. The topological polar surface area (TPSA) is 50.4 Å². The lowest BCUT2D eigenvalue weighted by Gasteiger charge is -2.19. The molecular weight excluding hydrogens is 367 g/mol. The van der Waals surface area contributed by atoms with E-state index in [1.54, 1.807) is 39.1 Å². The Labute approximate surface area is 173 Å². The van der Waals surface area contributed by atoms with Crippen molar-refractivity contribution >= 4 is 6.09 Å². The average molecular weight is 399 g/mol. The van der Waals surface area contributed by atoms with Crippen molar-refractivity contribution in [1.82, 2.24) is 10.6 Å².